The SMILES string of the molecule is Cc1sccc1/C(=N/N)NN. The molecule has 1 rings (SSSR count). The largest absolute Gasteiger partial charge is 0.321 e. The van der Waals surface area contributed by atoms with Gasteiger partial charge in [0.15, 0.2) is 5.84 Å². The van der Waals surface area contributed by atoms with E-state index >= 15 is 0 Å². The van der Waals surface area contributed by atoms with E-state index in [9.17, 15) is 0 Å². The number of amidine groups is 1. The van der Waals surface area contributed by atoms with Crippen molar-refractivity contribution in [1.29, 1.82) is 0 Å². The maximum atomic E-state index is 5.19. The second-order valence-electron chi connectivity index (χ2n) is 2.01. The molecule has 1 aromatic rings. The lowest BCUT2D eigenvalue weighted by molar-refractivity contribution is 1.00. The van der Waals surface area contributed by atoms with Crippen LogP contribution in [-0.2, 0) is 0 Å². The Hall–Kier alpha value is -1.07. The lowest BCUT2D eigenvalue weighted by atomic mass is 10.2. The summed E-state index contributed by atoms with van der Waals surface area (Å²) in [7, 11) is 0. The number of hydrogen-bond acceptors (Lipinski definition) is 4. The highest BCUT2D eigenvalue weighted by Crippen LogP contribution is 2.14. The summed E-state index contributed by atoms with van der Waals surface area (Å²) in [5.74, 6) is 10.8. The summed E-state index contributed by atoms with van der Waals surface area (Å²) < 4.78 is 0. The van der Waals surface area contributed by atoms with E-state index in [0.29, 0.717) is 5.84 Å². The zero-order valence-electron chi connectivity index (χ0n) is 6.16. The fourth-order valence-corrected chi connectivity index (χ4v) is 1.52. The van der Waals surface area contributed by atoms with Gasteiger partial charge in [-0.1, -0.05) is 0 Å². The van der Waals surface area contributed by atoms with Gasteiger partial charge in [-0.3, -0.25) is 0 Å². The van der Waals surface area contributed by atoms with Crippen LogP contribution in [0.2, 0.25) is 0 Å². The van der Waals surface area contributed by atoms with Crippen molar-refractivity contribution in [2.45, 2.75) is 6.92 Å². The van der Waals surface area contributed by atoms with Crippen LogP contribution < -0.4 is 17.1 Å². The highest BCUT2D eigenvalue weighted by molar-refractivity contribution is 7.10. The van der Waals surface area contributed by atoms with Crippen molar-refractivity contribution in [2.75, 3.05) is 0 Å². The molecule has 4 nitrogen and oxygen atoms in total. The molecule has 60 valence electrons. The first-order valence-corrected chi connectivity index (χ1v) is 3.96. The van der Waals surface area contributed by atoms with E-state index in [4.69, 9.17) is 11.7 Å². The number of hydrogen-bond donors (Lipinski definition) is 3. The fraction of sp³-hybridized carbons (Fsp3) is 0.167. The Balaban J connectivity index is 3.00. The Morgan fingerprint density at radius 1 is 1.73 bits per heavy atom. The van der Waals surface area contributed by atoms with Crippen LogP contribution in [0.25, 0.3) is 0 Å². The highest BCUT2D eigenvalue weighted by atomic mass is 32.1. The molecule has 0 atom stereocenters. The molecule has 0 aliphatic heterocycles. The number of nitrogens with zero attached hydrogens (tertiary/aromatic N) is 1. The molecule has 11 heavy (non-hydrogen) atoms. The molecule has 0 saturated heterocycles. The summed E-state index contributed by atoms with van der Waals surface area (Å²) in [4.78, 5) is 1.15. The summed E-state index contributed by atoms with van der Waals surface area (Å²) in [5, 5.41) is 5.46. The Kier molecular flexibility index (Phi) is 2.45. The van der Waals surface area contributed by atoms with Gasteiger partial charge in [-0.2, -0.15) is 5.10 Å². The third-order valence-electron chi connectivity index (χ3n) is 1.38. The number of nitrogens with two attached hydrogens (primary N) is 2. The van der Waals surface area contributed by atoms with Crippen molar-refractivity contribution >= 4 is 17.2 Å². The fourth-order valence-electron chi connectivity index (χ4n) is 0.815. The van der Waals surface area contributed by atoms with Gasteiger partial charge in [0.1, 0.15) is 0 Å². The van der Waals surface area contributed by atoms with Crippen molar-refractivity contribution in [1.82, 2.24) is 5.43 Å². The van der Waals surface area contributed by atoms with E-state index in [1.165, 1.54) is 0 Å². The molecule has 0 fully saturated rings. The predicted octanol–water partition coefficient (Wildman–Crippen LogP) is 0.140. The first-order chi connectivity index (χ1) is 5.29. The molecule has 0 aromatic carbocycles. The quantitative estimate of drug-likeness (QED) is 0.243. The van der Waals surface area contributed by atoms with Crippen molar-refractivity contribution in [3.63, 3.8) is 0 Å². The van der Waals surface area contributed by atoms with Crippen LogP contribution in [0.4, 0.5) is 0 Å². The molecule has 0 saturated carbocycles. The normalized spacial score (nSPS) is 11.6. The Labute approximate surface area is 68.9 Å². The van der Waals surface area contributed by atoms with E-state index in [1.54, 1.807) is 11.3 Å². The first-order valence-electron chi connectivity index (χ1n) is 3.08. The smallest absolute Gasteiger partial charge is 0.167 e. The monoisotopic (exact) mass is 170 g/mol. The van der Waals surface area contributed by atoms with Gasteiger partial charge >= 0.3 is 0 Å². The number of hydrazine groups is 1. The summed E-state index contributed by atoms with van der Waals surface area (Å²) in [5.41, 5.74) is 3.38. The predicted molar refractivity (Wildman–Crippen MR) is 47.1 cm³/mol. The van der Waals surface area contributed by atoms with Gasteiger partial charge in [0.2, 0.25) is 0 Å². The first kappa shape index (κ1) is 8.03. The van der Waals surface area contributed by atoms with Crippen LogP contribution in [0.1, 0.15) is 10.4 Å². The second-order valence-corrected chi connectivity index (χ2v) is 3.13. The number of nitrogens with one attached hydrogen (secondary N) is 1. The molecular formula is C6H10N4S. The molecule has 0 bridgehead atoms. The topological polar surface area (TPSA) is 76.4 Å². The van der Waals surface area contributed by atoms with Gasteiger partial charge in [0, 0.05) is 10.4 Å². The number of rotatable bonds is 1. The molecule has 0 aliphatic rings. The lowest BCUT2D eigenvalue weighted by Crippen LogP contribution is -2.32. The molecule has 5 heteroatoms. The lowest BCUT2D eigenvalue weighted by Gasteiger charge is -2.01. The van der Waals surface area contributed by atoms with Crippen LogP contribution >= 0.6 is 11.3 Å². The maximum Gasteiger partial charge on any atom is 0.167 e. The van der Waals surface area contributed by atoms with E-state index in [1.807, 2.05) is 18.4 Å². The van der Waals surface area contributed by atoms with Crippen molar-refractivity contribution in [3.8, 4) is 0 Å². The Bertz CT molecular complexity index is 265. The van der Waals surface area contributed by atoms with Gasteiger partial charge in [-0.05, 0) is 18.4 Å². The van der Waals surface area contributed by atoms with Crippen LogP contribution in [0, 0.1) is 6.92 Å². The molecule has 0 radical (unpaired) electrons. The van der Waals surface area contributed by atoms with Crippen LogP contribution in [0.5, 0.6) is 0 Å². The highest BCUT2D eigenvalue weighted by Gasteiger charge is 2.04. The van der Waals surface area contributed by atoms with Crippen molar-refractivity contribution in [2.24, 2.45) is 16.8 Å². The summed E-state index contributed by atoms with van der Waals surface area (Å²) in [6.45, 7) is 1.99. The zero-order chi connectivity index (χ0) is 8.27. The maximum absolute atomic E-state index is 5.19. The average molecular weight is 170 g/mol. The van der Waals surface area contributed by atoms with Crippen LogP contribution in [-0.4, -0.2) is 5.84 Å². The number of hydrazone groups is 1. The van der Waals surface area contributed by atoms with Crippen LogP contribution in [0.15, 0.2) is 16.5 Å². The van der Waals surface area contributed by atoms with E-state index < -0.39 is 0 Å². The minimum Gasteiger partial charge on any atom is -0.321 e. The number of aryl methyl sites for hydroxylation is 1. The van der Waals surface area contributed by atoms with Gasteiger partial charge in [0.05, 0.1) is 0 Å². The summed E-state index contributed by atoms with van der Waals surface area (Å²) in [6, 6.07) is 1.92. The standard InChI is InChI=1S/C6H10N4S/c1-4-5(2-3-11-4)6(9-7)10-8/h2-3H,7-8H2,1H3,(H,9,10). The van der Waals surface area contributed by atoms with E-state index in [-0.39, 0.29) is 0 Å². The Morgan fingerprint density at radius 2 is 2.45 bits per heavy atom. The molecule has 0 aliphatic carbocycles. The molecule has 0 unspecified atom stereocenters. The molecule has 1 heterocycles. The van der Waals surface area contributed by atoms with E-state index in [0.717, 1.165) is 10.4 Å². The minimum absolute atomic E-state index is 0.517. The number of thiophene rings is 1. The van der Waals surface area contributed by atoms with Crippen molar-refractivity contribution in [3.05, 3.63) is 21.9 Å². The third kappa shape index (κ3) is 1.50. The summed E-state index contributed by atoms with van der Waals surface area (Å²) in [6.07, 6.45) is 0. The molecule has 5 N–H and O–H groups in total. The van der Waals surface area contributed by atoms with Crippen LogP contribution in [0.3, 0.4) is 0 Å². The van der Waals surface area contributed by atoms with Gasteiger partial charge in [-0.25, -0.2) is 5.84 Å². The van der Waals surface area contributed by atoms with Gasteiger partial charge in [-0.15, -0.1) is 11.3 Å². The molecular weight excluding hydrogens is 160 g/mol. The Morgan fingerprint density at radius 3 is 2.82 bits per heavy atom. The third-order valence-corrected chi connectivity index (χ3v) is 2.23. The molecule has 0 spiro atoms. The average Bonchev–Trinajstić information content (AvgIpc) is 2.40. The second kappa shape index (κ2) is 3.36. The zero-order valence-corrected chi connectivity index (χ0v) is 6.98. The van der Waals surface area contributed by atoms with E-state index in [2.05, 4.69) is 10.5 Å². The summed E-state index contributed by atoms with van der Waals surface area (Å²) >= 11 is 1.63. The molecule has 0 amide bonds. The molecule has 1 aromatic heterocycles. The minimum atomic E-state index is 0.517. The van der Waals surface area contributed by atoms with Gasteiger partial charge < -0.3 is 11.3 Å². The van der Waals surface area contributed by atoms with Gasteiger partial charge in [0.25, 0.3) is 0 Å². The van der Waals surface area contributed by atoms with Crippen molar-refractivity contribution < 1.29 is 0 Å².